The molecule has 1 aromatic carbocycles. The number of benzene rings is 1. The average Bonchev–Trinajstić information content (AvgIpc) is 2.68. The maximum Gasteiger partial charge on any atom is 0.297 e. The van der Waals surface area contributed by atoms with Gasteiger partial charge in [0, 0.05) is 29.6 Å². The Morgan fingerprint density at radius 3 is 2.21 bits per heavy atom. The molecule has 1 N–H and O–H groups in total. The molecule has 28 heavy (non-hydrogen) atoms. The molecule has 0 bridgehead atoms. The van der Waals surface area contributed by atoms with Gasteiger partial charge in [-0.1, -0.05) is 83.1 Å². The second-order valence-corrected chi connectivity index (χ2v) is 8.34. The summed E-state index contributed by atoms with van der Waals surface area (Å²) in [4.78, 5) is 11.7. The maximum absolute atomic E-state index is 12.2. The second-order valence-electron chi connectivity index (χ2n) is 6.72. The van der Waals surface area contributed by atoms with E-state index in [0.717, 1.165) is 19.3 Å². The summed E-state index contributed by atoms with van der Waals surface area (Å²) in [5.74, 6) is -0.319. The van der Waals surface area contributed by atoms with Crippen LogP contribution in [-0.4, -0.2) is 56.5 Å². The van der Waals surface area contributed by atoms with Gasteiger partial charge in [-0.05, 0) is 24.6 Å². The van der Waals surface area contributed by atoms with Crippen LogP contribution in [0, 0.1) is 0 Å². The second kappa shape index (κ2) is 16.2. The van der Waals surface area contributed by atoms with Crippen molar-refractivity contribution in [1.82, 2.24) is 5.32 Å². The van der Waals surface area contributed by atoms with Crippen LogP contribution in [0.25, 0.3) is 0 Å². The summed E-state index contributed by atoms with van der Waals surface area (Å²) in [5.41, 5.74) is 0. The Kier molecular flexibility index (Phi) is 15.8. The van der Waals surface area contributed by atoms with Gasteiger partial charge in [0.1, 0.15) is 0 Å². The third kappa shape index (κ3) is 12.0. The summed E-state index contributed by atoms with van der Waals surface area (Å²) in [5, 5.41) is 2.76. The molecule has 1 aromatic rings. The normalized spacial score (nSPS) is 12.0. The van der Waals surface area contributed by atoms with E-state index in [2.05, 4.69) is 18.8 Å². The number of hydrogen-bond donors (Lipinski definition) is 1. The van der Waals surface area contributed by atoms with E-state index in [4.69, 9.17) is 4.18 Å². The summed E-state index contributed by atoms with van der Waals surface area (Å²) in [6.45, 7) is 5.57. The molecule has 0 aliphatic heterocycles. The minimum atomic E-state index is -3.82. The number of unbranched alkanes of at least 4 members (excludes halogenated alkanes) is 7. The van der Waals surface area contributed by atoms with E-state index in [0.29, 0.717) is 6.42 Å². The van der Waals surface area contributed by atoms with Gasteiger partial charge in [0.2, 0.25) is 5.91 Å². The Hall–Kier alpha value is -0.660. The Morgan fingerprint density at radius 2 is 1.64 bits per heavy atom. The predicted octanol–water partition coefficient (Wildman–Crippen LogP) is 4.21. The van der Waals surface area contributed by atoms with Gasteiger partial charge in [-0.15, -0.1) is 0 Å². The van der Waals surface area contributed by atoms with Gasteiger partial charge in [-0.25, -0.2) is 0 Å². The van der Waals surface area contributed by atoms with E-state index in [1.807, 2.05) is 0 Å². The third-order valence-corrected chi connectivity index (χ3v) is 5.69. The molecule has 0 heterocycles. The quantitative estimate of drug-likeness (QED) is 0.200. The van der Waals surface area contributed by atoms with Gasteiger partial charge in [-0.3, -0.25) is 8.98 Å². The minimum absolute atomic E-state index is 0. The molecule has 0 aromatic heterocycles. The van der Waals surface area contributed by atoms with Crippen molar-refractivity contribution < 1.29 is 17.4 Å². The first-order valence-corrected chi connectivity index (χ1v) is 11.3. The molecule has 1 amide bonds. The van der Waals surface area contributed by atoms with Crippen LogP contribution < -0.4 is 5.32 Å². The molecule has 1 radical (unpaired) electrons. The number of amides is 1. The molecular weight excluding hydrogens is 385 g/mol. The molecule has 0 fully saturated rings. The zero-order valence-corrected chi connectivity index (χ0v) is 20.2. The van der Waals surface area contributed by atoms with E-state index in [9.17, 15) is 13.2 Å². The molecule has 0 saturated carbocycles. The van der Waals surface area contributed by atoms with Gasteiger partial charge in [0.05, 0.1) is 17.5 Å². The molecule has 0 aliphatic rings. The number of hydrogen-bond acceptors (Lipinski definition) is 4. The van der Waals surface area contributed by atoms with Crippen LogP contribution in [0.5, 0.6) is 0 Å². The molecule has 0 saturated heterocycles. The van der Waals surface area contributed by atoms with Crippen LogP contribution in [0.4, 0.5) is 0 Å². The van der Waals surface area contributed by atoms with Gasteiger partial charge in [0.25, 0.3) is 10.1 Å². The SMILES string of the molecule is C=CC(=O)NC(CCCCCCCCCC)COS(=O)(=O)c1ccccc1.[Na]. The topological polar surface area (TPSA) is 72.5 Å². The smallest absolute Gasteiger partial charge is 0.297 e. The van der Waals surface area contributed by atoms with Gasteiger partial charge < -0.3 is 5.32 Å². The van der Waals surface area contributed by atoms with Crippen LogP contribution in [-0.2, 0) is 19.1 Å². The average molecular weight is 419 g/mol. The Bertz CT molecular complexity index is 650. The van der Waals surface area contributed by atoms with Crippen LogP contribution in [0.2, 0.25) is 0 Å². The molecule has 153 valence electrons. The van der Waals surface area contributed by atoms with Crippen molar-refractivity contribution in [3.05, 3.63) is 43.0 Å². The standard InChI is InChI=1S/C21H33NO4S.Na/c1-3-5-6-7-8-9-10-12-15-19(22-21(23)4-2)18-26-27(24,25)20-16-13-11-14-17-20;/h4,11,13-14,16-17,19H,2-3,5-10,12,15,18H2,1H3,(H,22,23);. The van der Waals surface area contributed by atoms with Gasteiger partial charge >= 0.3 is 0 Å². The summed E-state index contributed by atoms with van der Waals surface area (Å²) >= 11 is 0. The van der Waals surface area contributed by atoms with Crippen molar-refractivity contribution in [2.24, 2.45) is 0 Å². The first kappa shape index (κ1) is 27.3. The fourth-order valence-electron chi connectivity index (χ4n) is 2.81. The third-order valence-electron chi connectivity index (χ3n) is 4.39. The molecule has 0 spiro atoms. The van der Waals surface area contributed by atoms with E-state index in [1.165, 1.54) is 50.3 Å². The Labute approximate surface area is 192 Å². The van der Waals surface area contributed by atoms with Crippen LogP contribution in [0.1, 0.15) is 64.7 Å². The molecule has 1 rings (SSSR count). The monoisotopic (exact) mass is 418 g/mol. The first-order chi connectivity index (χ1) is 13.0. The van der Waals surface area contributed by atoms with Crippen molar-refractivity contribution in [3.63, 3.8) is 0 Å². The fourth-order valence-corrected chi connectivity index (χ4v) is 3.78. The van der Waals surface area contributed by atoms with Crippen LogP contribution >= 0.6 is 0 Å². The number of carbonyl (C=O) groups is 1. The van der Waals surface area contributed by atoms with E-state index < -0.39 is 10.1 Å². The minimum Gasteiger partial charge on any atom is -0.347 e. The molecule has 1 atom stereocenters. The van der Waals surface area contributed by atoms with E-state index >= 15 is 0 Å². The predicted molar refractivity (Wildman–Crippen MR) is 115 cm³/mol. The van der Waals surface area contributed by atoms with Crippen molar-refractivity contribution in [2.45, 2.75) is 75.6 Å². The Morgan fingerprint density at radius 1 is 1.07 bits per heavy atom. The molecule has 0 aliphatic carbocycles. The first-order valence-electron chi connectivity index (χ1n) is 9.87. The van der Waals surface area contributed by atoms with Crippen molar-refractivity contribution in [3.8, 4) is 0 Å². The summed E-state index contributed by atoms with van der Waals surface area (Å²) in [6.07, 6.45) is 11.3. The fraction of sp³-hybridized carbons (Fsp3) is 0.571. The summed E-state index contributed by atoms with van der Waals surface area (Å²) in [6, 6.07) is 7.67. The van der Waals surface area contributed by atoms with E-state index in [-0.39, 0.29) is 53.0 Å². The largest absolute Gasteiger partial charge is 0.347 e. The van der Waals surface area contributed by atoms with Crippen molar-refractivity contribution >= 4 is 45.6 Å². The molecule has 1 unspecified atom stereocenters. The number of nitrogens with one attached hydrogen (secondary N) is 1. The Balaban J connectivity index is 0.00000729. The molecular formula is C21H33NNaO4S. The molecule has 5 nitrogen and oxygen atoms in total. The zero-order valence-electron chi connectivity index (χ0n) is 17.4. The van der Waals surface area contributed by atoms with Gasteiger partial charge in [-0.2, -0.15) is 8.42 Å². The van der Waals surface area contributed by atoms with Gasteiger partial charge in [0.15, 0.2) is 0 Å². The van der Waals surface area contributed by atoms with Crippen molar-refractivity contribution in [1.29, 1.82) is 0 Å². The van der Waals surface area contributed by atoms with Crippen molar-refractivity contribution in [2.75, 3.05) is 6.61 Å². The summed E-state index contributed by atoms with van der Waals surface area (Å²) < 4.78 is 29.6. The summed E-state index contributed by atoms with van der Waals surface area (Å²) in [7, 11) is -3.82. The number of rotatable bonds is 15. The van der Waals surface area contributed by atoms with Crippen LogP contribution in [0.3, 0.4) is 0 Å². The molecule has 7 heteroatoms. The maximum atomic E-state index is 12.2. The van der Waals surface area contributed by atoms with Crippen LogP contribution in [0.15, 0.2) is 47.9 Å². The zero-order chi connectivity index (χ0) is 20.0. The van der Waals surface area contributed by atoms with E-state index in [1.54, 1.807) is 18.2 Å². The number of carbonyl (C=O) groups excluding carboxylic acids is 1.